The molecule has 0 heterocycles. The summed E-state index contributed by atoms with van der Waals surface area (Å²) in [6.45, 7) is 5.88. The molecule has 18 heavy (non-hydrogen) atoms. The summed E-state index contributed by atoms with van der Waals surface area (Å²) < 4.78 is 27.6. The molecular formula is C15H21F2N. The van der Waals surface area contributed by atoms with E-state index < -0.39 is 17.7 Å². The fourth-order valence-corrected chi connectivity index (χ4v) is 3.15. The molecule has 2 unspecified atom stereocenters. The van der Waals surface area contributed by atoms with Gasteiger partial charge in [0.25, 0.3) is 0 Å². The van der Waals surface area contributed by atoms with Crippen molar-refractivity contribution in [3.63, 3.8) is 0 Å². The minimum atomic E-state index is -0.773. The van der Waals surface area contributed by atoms with Crippen LogP contribution in [0.15, 0.2) is 12.1 Å². The van der Waals surface area contributed by atoms with E-state index in [9.17, 15) is 8.78 Å². The highest BCUT2D eigenvalue weighted by atomic mass is 19.2. The van der Waals surface area contributed by atoms with Gasteiger partial charge in [-0.1, -0.05) is 32.4 Å². The predicted octanol–water partition coefficient (Wildman–Crippen LogP) is 4.10. The van der Waals surface area contributed by atoms with Crippen molar-refractivity contribution < 1.29 is 8.78 Å². The van der Waals surface area contributed by atoms with E-state index >= 15 is 0 Å². The molecule has 0 aliphatic heterocycles. The lowest BCUT2D eigenvalue weighted by Crippen LogP contribution is -2.30. The number of benzene rings is 1. The van der Waals surface area contributed by atoms with Crippen molar-refractivity contribution in [1.82, 2.24) is 0 Å². The molecule has 0 radical (unpaired) electrons. The SMILES string of the molecule is Cc1ccc(C(N)C2CCCC2(C)C)c(F)c1F. The lowest BCUT2D eigenvalue weighted by atomic mass is 9.75. The molecule has 1 aromatic carbocycles. The number of hydrogen-bond acceptors (Lipinski definition) is 1. The van der Waals surface area contributed by atoms with Crippen LogP contribution >= 0.6 is 0 Å². The van der Waals surface area contributed by atoms with Gasteiger partial charge in [0.1, 0.15) is 0 Å². The largest absolute Gasteiger partial charge is 0.324 e. The Morgan fingerprint density at radius 1 is 1.28 bits per heavy atom. The summed E-state index contributed by atoms with van der Waals surface area (Å²) in [4.78, 5) is 0. The van der Waals surface area contributed by atoms with Crippen LogP contribution in [0.5, 0.6) is 0 Å². The number of rotatable bonds is 2. The molecule has 0 saturated heterocycles. The van der Waals surface area contributed by atoms with Gasteiger partial charge in [-0.05, 0) is 36.7 Å². The molecule has 1 nitrogen and oxygen atoms in total. The van der Waals surface area contributed by atoms with Gasteiger partial charge in [-0.2, -0.15) is 0 Å². The summed E-state index contributed by atoms with van der Waals surface area (Å²) in [7, 11) is 0. The smallest absolute Gasteiger partial charge is 0.163 e. The molecule has 1 fully saturated rings. The van der Waals surface area contributed by atoms with E-state index in [1.54, 1.807) is 19.1 Å². The maximum Gasteiger partial charge on any atom is 0.163 e. The molecule has 100 valence electrons. The van der Waals surface area contributed by atoms with Gasteiger partial charge in [0.2, 0.25) is 0 Å². The maximum atomic E-state index is 14.0. The molecule has 1 aromatic rings. The summed E-state index contributed by atoms with van der Waals surface area (Å²) in [5.41, 5.74) is 6.94. The third kappa shape index (κ3) is 2.16. The number of aryl methyl sites for hydroxylation is 1. The Morgan fingerprint density at radius 2 is 1.94 bits per heavy atom. The number of hydrogen-bond donors (Lipinski definition) is 1. The van der Waals surface area contributed by atoms with Crippen molar-refractivity contribution >= 4 is 0 Å². The standard InChI is InChI=1S/C15H21F2N/c1-9-6-7-10(13(17)12(9)16)14(18)11-5-4-8-15(11,2)3/h6-7,11,14H,4-5,8,18H2,1-3H3. The van der Waals surface area contributed by atoms with Crippen LogP contribution < -0.4 is 5.73 Å². The van der Waals surface area contributed by atoms with Gasteiger partial charge >= 0.3 is 0 Å². The van der Waals surface area contributed by atoms with Crippen LogP contribution in [-0.2, 0) is 0 Å². The van der Waals surface area contributed by atoms with Crippen LogP contribution in [0.25, 0.3) is 0 Å². The first-order valence-corrected chi connectivity index (χ1v) is 6.54. The zero-order valence-electron chi connectivity index (χ0n) is 11.3. The first-order valence-electron chi connectivity index (χ1n) is 6.54. The Labute approximate surface area is 107 Å². The molecule has 0 amide bonds. The average molecular weight is 253 g/mol. The van der Waals surface area contributed by atoms with Crippen LogP contribution in [0.2, 0.25) is 0 Å². The van der Waals surface area contributed by atoms with Crippen LogP contribution in [-0.4, -0.2) is 0 Å². The van der Waals surface area contributed by atoms with E-state index in [-0.39, 0.29) is 11.3 Å². The minimum Gasteiger partial charge on any atom is -0.324 e. The summed E-state index contributed by atoms with van der Waals surface area (Å²) in [6.07, 6.45) is 3.20. The van der Waals surface area contributed by atoms with Gasteiger partial charge in [0.05, 0.1) is 0 Å². The van der Waals surface area contributed by atoms with Gasteiger partial charge in [-0.25, -0.2) is 8.78 Å². The predicted molar refractivity (Wildman–Crippen MR) is 69.1 cm³/mol. The van der Waals surface area contributed by atoms with E-state index in [0.29, 0.717) is 11.1 Å². The van der Waals surface area contributed by atoms with Crippen LogP contribution in [0.4, 0.5) is 8.78 Å². The Bertz CT molecular complexity index is 454. The van der Waals surface area contributed by atoms with Crippen LogP contribution in [0.1, 0.15) is 50.3 Å². The fourth-order valence-electron chi connectivity index (χ4n) is 3.15. The summed E-state index contributed by atoms with van der Waals surface area (Å²) in [6, 6.07) is 2.82. The van der Waals surface area contributed by atoms with Crippen LogP contribution in [0.3, 0.4) is 0 Å². The third-order valence-corrected chi connectivity index (χ3v) is 4.44. The van der Waals surface area contributed by atoms with E-state index in [1.807, 2.05) is 0 Å². The van der Waals surface area contributed by atoms with E-state index in [4.69, 9.17) is 5.73 Å². The second-order valence-corrected chi connectivity index (χ2v) is 6.11. The Kier molecular flexibility index (Phi) is 3.45. The van der Waals surface area contributed by atoms with Crippen molar-refractivity contribution in [1.29, 1.82) is 0 Å². The second kappa shape index (κ2) is 4.61. The van der Waals surface area contributed by atoms with Crippen molar-refractivity contribution in [3.05, 3.63) is 34.9 Å². The zero-order valence-corrected chi connectivity index (χ0v) is 11.3. The summed E-state index contributed by atoms with van der Waals surface area (Å²) >= 11 is 0. The maximum absolute atomic E-state index is 14.0. The van der Waals surface area contributed by atoms with Crippen molar-refractivity contribution in [2.45, 2.75) is 46.1 Å². The third-order valence-electron chi connectivity index (χ3n) is 4.44. The molecule has 0 bridgehead atoms. The van der Waals surface area contributed by atoms with Crippen molar-refractivity contribution in [3.8, 4) is 0 Å². The Morgan fingerprint density at radius 3 is 2.50 bits per heavy atom. The summed E-state index contributed by atoms with van der Waals surface area (Å²) in [5.74, 6) is -1.32. The number of halogens is 2. The second-order valence-electron chi connectivity index (χ2n) is 6.11. The van der Waals surface area contributed by atoms with Crippen molar-refractivity contribution in [2.24, 2.45) is 17.1 Å². The molecule has 2 rings (SSSR count). The molecule has 0 aromatic heterocycles. The molecular weight excluding hydrogens is 232 g/mol. The Hall–Kier alpha value is -0.960. The highest BCUT2D eigenvalue weighted by molar-refractivity contribution is 5.28. The average Bonchev–Trinajstić information content (AvgIpc) is 2.65. The van der Waals surface area contributed by atoms with Gasteiger partial charge < -0.3 is 5.73 Å². The quantitative estimate of drug-likeness (QED) is 0.843. The Balaban J connectivity index is 2.35. The lowest BCUT2D eigenvalue weighted by molar-refractivity contribution is 0.219. The van der Waals surface area contributed by atoms with Gasteiger partial charge in [-0.15, -0.1) is 0 Å². The van der Waals surface area contributed by atoms with Crippen molar-refractivity contribution in [2.75, 3.05) is 0 Å². The lowest BCUT2D eigenvalue weighted by Gasteiger charge is -2.32. The van der Waals surface area contributed by atoms with E-state index in [1.165, 1.54) is 0 Å². The molecule has 1 aliphatic rings. The first-order chi connectivity index (χ1) is 8.34. The number of nitrogens with two attached hydrogens (primary N) is 1. The van der Waals surface area contributed by atoms with Crippen LogP contribution in [0, 0.1) is 29.9 Å². The van der Waals surface area contributed by atoms with Gasteiger partial charge in [-0.3, -0.25) is 0 Å². The fraction of sp³-hybridized carbons (Fsp3) is 0.600. The summed E-state index contributed by atoms with van der Waals surface area (Å²) in [5, 5.41) is 0. The normalized spacial score (nSPS) is 24.2. The molecule has 3 heteroatoms. The van der Waals surface area contributed by atoms with Gasteiger partial charge in [0, 0.05) is 11.6 Å². The van der Waals surface area contributed by atoms with E-state index in [0.717, 1.165) is 19.3 Å². The monoisotopic (exact) mass is 253 g/mol. The molecule has 2 N–H and O–H groups in total. The van der Waals surface area contributed by atoms with Gasteiger partial charge in [0.15, 0.2) is 11.6 Å². The molecule has 1 saturated carbocycles. The topological polar surface area (TPSA) is 26.0 Å². The molecule has 1 aliphatic carbocycles. The highest BCUT2D eigenvalue weighted by Gasteiger charge is 2.39. The minimum absolute atomic E-state index is 0.104. The highest BCUT2D eigenvalue weighted by Crippen LogP contribution is 2.48. The zero-order chi connectivity index (χ0) is 13.5. The molecule has 0 spiro atoms. The molecule has 2 atom stereocenters. The van der Waals surface area contributed by atoms with E-state index in [2.05, 4.69) is 13.8 Å². The first kappa shape index (κ1) is 13.5.